The van der Waals surface area contributed by atoms with Crippen LogP contribution in [0.4, 0.5) is 0 Å². The van der Waals surface area contributed by atoms with Crippen LogP contribution in [0.3, 0.4) is 0 Å². The Morgan fingerprint density at radius 3 is 2.23 bits per heavy atom. The lowest BCUT2D eigenvalue weighted by Crippen LogP contribution is -2.33. The van der Waals surface area contributed by atoms with Gasteiger partial charge in [-0.25, -0.2) is 0 Å². The molecule has 0 radical (unpaired) electrons. The van der Waals surface area contributed by atoms with Crippen molar-refractivity contribution in [2.45, 2.75) is 30.8 Å². The summed E-state index contributed by atoms with van der Waals surface area (Å²) in [5, 5.41) is 3.02. The number of hydrogen-bond donors (Lipinski definition) is 1. The molecule has 0 saturated heterocycles. The number of carbonyl (C=O) groups is 1. The van der Waals surface area contributed by atoms with Crippen molar-refractivity contribution in [2.75, 3.05) is 6.54 Å². The van der Waals surface area contributed by atoms with E-state index in [4.69, 9.17) is 0 Å². The monoisotopic (exact) mass is 313 g/mol. The van der Waals surface area contributed by atoms with Crippen LogP contribution >= 0.6 is 11.8 Å². The van der Waals surface area contributed by atoms with E-state index in [1.165, 1.54) is 11.1 Å². The average Bonchev–Trinajstić information content (AvgIpc) is 2.58. The van der Waals surface area contributed by atoms with Crippen LogP contribution < -0.4 is 5.32 Å². The van der Waals surface area contributed by atoms with E-state index in [-0.39, 0.29) is 11.2 Å². The summed E-state index contributed by atoms with van der Waals surface area (Å²) in [6, 6.07) is 20.5. The van der Waals surface area contributed by atoms with Crippen molar-refractivity contribution < 1.29 is 4.79 Å². The molecule has 116 valence electrons. The number of rotatable bonds is 7. The second kappa shape index (κ2) is 8.64. The number of nitrogens with one attached hydrogen (secondary N) is 1. The first-order valence-electron chi connectivity index (χ1n) is 7.65. The van der Waals surface area contributed by atoms with Gasteiger partial charge in [0.05, 0.1) is 5.25 Å². The fourth-order valence-electron chi connectivity index (χ4n) is 2.17. The first-order valence-corrected chi connectivity index (χ1v) is 8.70. The van der Waals surface area contributed by atoms with Gasteiger partial charge in [0.1, 0.15) is 0 Å². The van der Waals surface area contributed by atoms with Gasteiger partial charge in [-0.05, 0) is 24.0 Å². The summed E-state index contributed by atoms with van der Waals surface area (Å²) in [5.74, 6) is 1.31. The summed E-state index contributed by atoms with van der Waals surface area (Å²) in [6.07, 6.45) is 0. The highest BCUT2D eigenvalue weighted by Gasteiger charge is 2.14. The van der Waals surface area contributed by atoms with Crippen molar-refractivity contribution in [1.29, 1.82) is 0 Å². The molecule has 0 fully saturated rings. The molecule has 2 nitrogen and oxygen atoms in total. The van der Waals surface area contributed by atoms with Gasteiger partial charge in [-0.3, -0.25) is 4.79 Å². The summed E-state index contributed by atoms with van der Waals surface area (Å²) in [5.41, 5.74) is 2.51. The molecule has 0 aliphatic carbocycles. The lowest BCUT2D eigenvalue weighted by atomic mass is 10.0. The maximum atomic E-state index is 12.2. The van der Waals surface area contributed by atoms with Crippen LogP contribution in [0.5, 0.6) is 0 Å². The van der Waals surface area contributed by atoms with Crippen molar-refractivity contribution in [3.05, 3.63) is 71.8 Å². The topological polar surface area (TPSA) is 29.1 Å². The highest BCUT2D eigenvalue weighted by Crippen LogP contribution is 2.18. The van der Waals surface area contributed by atoms with Crippen molar-refractivity contribution in [1.82, 2.24) is 5.32 Å². The molecule has 2 atom stereocenters. The smallest absolute Gasteiger partial charge is 0.232 e. The van der Waals surface area contributed by atoms with E-state index >= 15 is 0 Å². The minimum Gasteiger partial charge on any atom is -0.355 e. The normalized spacial score (nSPS) is 13.4. The summed E-state index contributed by atoms with van der Waals surface area (Å²) < 4.78 is 0. The van der Waals surface area contributed by atoms with Crippen LogP contribution in [0.2, 0.25) is 0 Å². The van der Waals surface area contributed by atoms with Crippen molar-refractivity contribution in [3.63, 3.8) is 0 Å². The number of hydrogen-bond acceptors (Lipinski definition) is 2. The molecular formula is C19H23NOS. The molecule has 0 bridgehead atoms. The third kappa shape index (κ3) is 5.23. The summed E-state index contributed by atoms with van der Waals surface area (Å²) in [7, 11) is 0. The van der Waals surface area contributed by atoms with E-state index in [1.807, 2.05) is 43.3 Å². The maximum absolute atomic E-state index is 12.2. The largest absolute Gasteiger partial charge is 0.355 e. The SMILES string of the molecule is CC(SCc1ccccc1)C(=O)NCC(C)c1ccccc1. The molecular weight excluding hydrogens is 290 g/mol. The molecule has 2 aromatic carbocycles. The Balaban J connectivity index is 1.74. The van der Waals surface area contributed by atoms with Crippen LogP contribution in [0.25, 0.3) is 0 Å². The lowest BCUT2D eigenvalue weighted by molar-refractivity contribution is -0.120. The first-order chi connectivity index (χ1) is 10.7. The molecule has 0 spiro atoms. The fraction of sp³-hybridized carbons (Fsp3) is 0.316. The second-order valence-corrected chi connectivity index (χ2v) is 6.82. The predicted molar refractivity (Wildman–Crippen MR) is 95.1 cm³/mol. The van der Waals surface area contributed by atoms with E-state index in [0.29, 0.717) is 12.5 Å². The standard InChI is InChI=1S/C19H23NOS/c1-15(18-11-7-4-8-12-18)13-20-19(21)16(2)22-14-17-9-5-3-6-10-17/h3-12,15-16H,13-14H2,1-2H3,(H,20,21). The van der Waals surface area contributed by atoms with E-state index < -0.39 is 0 Å². The Morgan fingerprint density at radius 2 is 1.59 bits per heavy atom. The fourth-order valence-corrected chi connectivity index (χ4v) is 3.04. The van der Waals surface area contributed by atoms with Crippen molar-refractivity contribution in [2.24, 2.45) is 0 Å². The third-order valence-electron chi connectivity index (χ3n) is 3.66. The van der Waals surface area contributed by atoms with E-state index in [1.54, 1.807) is 11.8 Å². The minimum atomic E-state index is -0.0387. The van der Waals surface area contributed by atoms with Gasteiger partial charge in [-0.1, -0.05) is 67.6 Å². The zero-order valence-electron chi connectivity index (χ0n) is 13.2. The number of benzene rings is 2. The van der Waals surface area contributed by atoms with Gasteiger partial charge >= 0.3 is 0 Å². The molecule has 2 rings (SSSR count). The van der Waals surface area contributed by atoms with E-state index in [9.17, 15) is 4.79 Å². The molecule has 3 heteroatoms. The summed E-state index contributed by atoms with van der Waals surface area (Å²) >= 11 is 1.67. The Morgan fingerprint density at radius 1 is 1.00 bits per heavy atom. The molecule has 1 N–H and O–H groups in total. The zero-order chi connectivity index (χ0) is 15.8. The molecule has 22 heavy (non-hydrogen) atoms. The van der Waals surface area contributed by atoms with Gasteiger partial charge < -0.3 is 5.32 Å². The van der Waals surface area contributed by atoms with Crippen LogP contribution in [0.15, 0.2) is 60.7 Å². The molecule has 1 amide bonds. The van der Waals surface area contributed by atoms with Gasteiger partial charge in [-0.2, -0.15) is 0 Å². The van der Waals surface area contributed by atoms with Gasteiger partial charge in [0.15, 0.2) is 0 Å². The van der Waals surface area contributed by atoms with Crippen molar-refractivity contribution in [3.8, 4) is 0 Å². The summed E-state index contributed by atoms with van der Waals surface area (Å²) in [4.78, 5) is 12.2. The average molecular weight is 313 g/mol. The van der Waals surface area contributed by atoms with Gasteiger partial charge in [0.2, 0.25) is 5.91 Å². The molecule has 2 aromatic rings. The van der Waals surface area contributed by atoms with Crippen LogP contribution in [0, 0.1) is 0 Å². The molecule has 2 unspecified atom stereocenters. The Kier molecular flexibility index (Phi) is 6.53. The van der Waals surface area contributed by atoms with E-state index in [2.05, 4.69) is 36.5 Å². The highest BCUT2D eigenvalue weighted by atomic mass is 32.2. The third-order valence-corrected chi connectivity index (χ3v) is 4.88. The molecule has 0 aromatic heterocycles. The minimum absolute atomic E-state index is 0.0387. The number of amides is 1. The van der Waals surface area contributed by atoms with Gasteiger partial charge in [0, 0.05) is 12.3 Å². The number of carbonyl (C=O) groups excluding carboxylic acids is 1. The van der Waals surface area contributed by atoms with Crippen LogP contribution in [-0.2, 0) is 10.5 Å². The lowest BCUT2D eigenvalue weighted by Gasteiger charge is -2.16. The molecule has 0 aliphatic heterocycles. The van der Waals surface area contributed by atoms with Crippen molar-refractivity contribution >= 4 is 17.7 Å². The molecule has 0 aliphatic rings. The summed E-state index contributed by atoms with van der Waals surface area (Å²) in [6.45, 7) is 4.78. The maximum Gasteiger partial charge on any atom is 0.232 e. The zero-order valence-corrected chi connectivity index (χ0v) is 14.0. The van der Waals surface area contributed by atoms with Crippen LogP contribution in [0.1, 0.15) is 30.9 Å². The van der Waals surface area contributed by atoms with Crippen LogP contribution in [-0.4, -0.2) is 17.7 Å². The molecule has 0 saturated carbocycles. The molecule has 0 heterocycles. The first kappa shape index (κ1) is 16.6. The number of thioether (sulfide) groups is 1. The van der Waals surface area contributed by atoms with Gasteiger partial charge in [-0.15, -0.1) is 11.8 Å². The predicted octanol–water partition coefficient (Wildman–Crippen LogP) is 4.23. The second-order valence-electron chi connectivity index (χ2n) is 5.50. The van der Waals surface area contributed by atoms with Gasteiger partial charge in [0.25, 0.3) is 0 Å². The Hall–Kier alpha value is -1.74. The quantitative estimate of drug-likeness (QED) is 0.829. The van der Waals surface area contributed by atoms with E-state index in [0.717, 1.165) is 5.75 Å². The highest BCUT2D eigenvalue weighted by molar-refractivity contribution is 7.99. The Labute approximate surface area is 137 Å². The Bertz CT molecular complexity index is 571.